The minimum Gasteiger partial charge on any atom is -0.459 e. The monoisotopic (exact) mass is 604 g/mol. The number of carbonyl (C=O) groups excluding carboxylic acids is 1. The summed E-state index contributed by atoms with van der Waals surface area (Å²) in [5.41, 5.74) is -3.21. The summed E-state index contributed by atoms with van der Waals surface area (Å²) in [5, 5.41) is 56.3. The first kappa shape index (κ1) is 37.3. The van der Waals surface area contributed by atoms with Gasteiger partial charge in [-0.25, -0.2) is 0 Å². The van der Waals surface area contributed by atoms with Gasteiger partial charge in [0.15, 0.2) is 6.29 Å². The van der Waals surface area contributed by atoms with Gasteiger partial charge in [0.2, 0.25) is 0 Å². The Morgan fingerprint density at radius 3 is 2.19 bits per heavy atom. The molecule has 14 atom stereocenters. The molecule has 0 spiro atoms. The minimum absolute atomic E-state index is 0.119. The van der Waals surface area contributed by atoms with E-state index in [1.807, 2.05) is 44.8 Å². The molecule has 42 heavy (non-hydrogen) atoms. The highest BCUT2D eigenvalue weighted by Gasteiger charge is 2.48. The van der Waals surface area contributed by atoms with Gasteiger partial charge in [-0.15, -0.1) is 0 Å². The van der Waals surface area contributed by atoms with Crippen LogP contribution in [-0.2, 0) is 19.0 Å². The van der Waals surface area contributed by atoms with Crippen LogP contribution in [0.3, 0.4) is 0 Å². The number of hydrogen-bond donors (Lipinski definition) is 5. The van der Waals surface area contributed by atoms with Crippen LogP contribution in [0, 0.1) is 17.8 Å². The second kappa shape index (κ2) is 14.9. The van der Waals surface area contributed by atoms with Crippen molar-refractivity contribution in [1.29, 1.82) is 0 Å². The highest BCUT2D eigenvalue weighted by molar-refractivity contribution is 5.73. The van der Waals surface area contributed by atoms with Gasteiger partial charge in [0.1, 0.15) is 17.8 Å². The summed E-state index contributed by atoms with van der Waals surface area (Å²) in [6.45, 7) is 14.4. The second-order valence-corrected chi connectivity index (χ2v) is 13.9. The van der Waals surface area contributed by atoms with E-state index in [0.29, 0.717) is 25.8 Å². The number of likely N-dealkylation sites (N-methyl/N-ethyl adjacent to an activating group) is 2. The van der Waals surface area contributed by atoms with Crippen LogP contribution in [-0.4, -0.2) is 135 Å². The summed E-state index contributed by atoms with van der Waals surface area (Å²) in [6, 6.07) is -0.702. The van der Waals surface area contributed by atoms with Crippen LogP contribution in [0.5, 0.6) is 0 Å². The zero-order chi connectivity index (χ0) is 32.3. The molecule has 0 aromatic heterocycles. The van der Waals surface area contributed by atoms with Crippen molar-refractivity contribution in [1.82, 2.24) is 9.80 Å². The third-order valence-corrected chi connectivity index (χ3v) is 9.94. The molecule has 0 bridgehead atoms. The SMILES string of the molecule is CC[C@H]1OC(=O)[C@H](C)[C@@H](O[C@H]2CC(N(C)C)[C@H](O)C(C)O2)[C@H](C)[C@@H](O)C(C)(O)CC[C@@H](C)CN(C)[C@H](C)[C@@H](O)[C@]1(C)O. The predicted octanol–water partition coefficient (Wildman–Crippen LogP) is 1.37. The van der Waals surface area contributed by atoms with Crippen molar-refractivity contribution in [3.63, 3.8) is 0 Å². The molecule has 248 valence electrons. The van der Waals surface area contributed by atoms with Crippen LogP contribution in [0.25, 0.3) is 0 Å². The molecule has 11 heteroatoms. The zero-order valence-electron chi connectivity index (χ0n) is 27.7. The molecule has 2 aliphatic heterocycles. The minimum atomic E-state index is -1.74. The molecule has 0 aliphatic carbocycles. The third-order valence-electron chi connectivity index (χ3n) is 9.94. The van der Waals surface area contributed by atoms with Gasteiger partial charge in [-0.05, 0) is 80.9 Å². The number of rotatable bonds is 4. The van der Waals surface area contributed by atoms with Crippen molar-refractivity contribution < 1.29 is 44.5 Å². The molecule has 0 saturated carbocycles. The van der Waals surface area contributed by atoms with E-state index in [9.17, 15) is 30.3 Å². The first-order chi connectivity index (χ1) is 19.3. The Morgan fingerprint density at radius 1 is 1.05 bits per heavy atom. The molecule has 2 fully saturated rings. The van der Waals surface area contributed by atoms with Gasteiger partial charge in [-0.2, -0.15) is 0 Å². The zero-order valence-corrected chi connectivity index (χ0v) is 27.7. The summed E-state index contributed by atoms with van der Waals surface area (Å²) in [7, 11) is 5.59. The molecule has 0 aromatic carbocycles. The summed E-state index contributed by atoms with van der Waals surface area (Å²) >= 11 is 0. The standard InChI is InChI=1S/C31H60N2O9/c1-12-23-31(8,39)28(36)20(5)33(11)16-17(2)13-14-30(7,38)27(35)18(3)26(19(4)29(37)41-23)42-24-15-22(32(9)10)25(34)21(6)40-24/h17-28,34-36,38-39H,12-16H2,1-11H3/t17-,18+,19-,20-,21?,22?,23-,24+,25-,26+,27-,28-,30?,31-/m1/s1. The Hall–Kier alpha value is -0.890. The fraction of sp³-hybridized carbons (Fsp3) is 0.968. The van der Waals surface area contributed by atoms with E-state index >= 15 is 0 Å². The highest BCUT2D eigenvalue weighted by Crippen LogP contribution is 2.35. The molecule has 2 aliphatic rings. The Bertz CT molecular complexity index is 856. The molecular weight excluding hydrogens is 544 g/mol. The molecule has 5 N–H and O–H groups in total. The molecule has 2 saturated heterocycles. The molecule has 2 heterocycles. The normalized spacial score (nSPS) is 47.8. The van der Waals surface area contributed by atoms with Crippen LogP contribution >= 0.6 is 0 Å². The van der Waals surface area contributed by atoms with E-state index in [1.165, 1.54) is 6.92 Å². The molecule has 11 nitrogen and oxygen atoms in total. The largest absolute Gasteiger partial charge is 0.459 e. The van der Waals surface area contributed by atoms with Crippen molar-refractivity contribution >= 4 is 5.97 Å². The maximum absolute atomic E-state index is 13.7. The number of ether oxygens (including phenoxy) is 3. The van der Waals surface area contributed by atoms with Crippen molar-refractivity contribution in [3.8, 4) is 0 Å². The lowest BCUT2D eigenvalue weighted by Crippen LogP contribution is -2.59. The Labute approximate surface area is 253 Å². The van der Waals surface area contributed by atoms with E-state index in [1.54, 1.807) is 34.6 Å². The first-order valence-electron chi connectivity index (χ1n) is 15.6. The van der Waals surface area contributed by atoms with E-state index in [4.69, 9.17) is 14.2 Å². The summed E-state index contributed by atoms with van der Waals surface area (Å²) in [6.07, 6.45) is -4.94. The molecule has 3 unspecified atom stereocenters. The predicted molar refractivity (Wildman–Crippen MR) is 160 cm³/mol. The third kappa shape index (κ3) is 8.63. The van der Waals surface area contributed by atoms with Crippen LogP contribution in [0.15, 0.2) is 0 Å². The van der Waals surface area contributed by atoms with Crippen molar-refractivity contribution in [2.75, 3.05) is 27.7 Å². The maximum Gasteiger partial charge on any atom is 0.311 e. The number of nitrogens with zero attached hydrogens (tertiary/aromatic N) is 2. The second-order valence-electron chi connectivity index (χ2n) is 13.9. The lowest BCUT2D eigenvalue weighted by atomic mass is 9.78. The average Bonchev–Trinajstić information content (AvgIpc) is 2.92. The maximum atomic E-state index is 13.7. The summed E-state index contributed by atoms with van der Waals surface area (Å²) in [4.78, 5) is 17.5. The van der Waals surface area contributed by atoms with Gasteiger partial charge in [0.25, 0.3) is 0 Å². The number of esters is 1. The Kier molecular flexibility index (Phi) is 13.3. The lowest BCUT2D eigenvalue weighted by molar-refractivity contribution is -0.269. The summed E-state index contributed by atoms with van der Waals surface area (Å²) < 4.78 is 18.3. The van der Waals surface area contributed by atoms with Crippen molar-refractivity contribution in [2.24, 2.45) is 17.8 Å². The van der Waals surface area contributed by atoms with Gasteiger partial charge in [0, 0.05) is 31.0 Å². The van der Waals surface area contributed by atoms with Crippen LogP contribution in [0.2, 0.25) is 0 Å². The summed E-state index contributed by atoms with van der Waals surface area (Å²) in [5.74, 6) is -2.19. The van der Waals surface area contributed by atoms with Crippen molar-refractivity contribution in [3.05, 3.63) is 0 Å². The molecular formula is C31H60N2O9. The number of carbonyl (C=O) groups is 1. The topological polar surface area (TPSA) is 152 Å². The van der Waals surface area contributed by atoms with E-state index in [0.717, 1.165) is 0 Å². The molecule has 0 amide bonds. The molecule has 0 radical (unpaired) electrons. The first-order valence-corrected chi connectivity index (χ1v) is 15.6. The Morgan fingerprint density at radius 2 is 1.64 bits per heavy atom. The van der Waals surface area contributed by atoms with E-state index in [2.05, 4.69) is 0 Å². The van der Waals surface area contributed by atoms with Gasteiger partial charge in [-0.1, -0.05) is 20.8 Å². The average molecular weight is 605 g/mol. The van der Waals surface area contributed by atoms with Gasteiger partial charge in [-0.3, -0.25) is 4.79 Å². The Balaban J connectivity index is 2.50. The van der Waals surface area contributed by atoms with Gasteiger partial charge in [0.05, 0.1) is 35.9 Å². The number of cyclic esters (lactones) is 1. The fourth-order valence-corrected chi connectivity index (χ4v) is 6.60. The quantitative estimate of drug-likeness (QED) is 0.296. The van der Waals surface area contributed by atoms with Crippen LogP contribution in [0.1, 0.15) is 81.1 Å². The smallest absolute Gasteiger partial charge is 0.311 e. The van der Waals surface area contributed by atoms with Gasteiger partial charge < -0.3 is 49.5 Å². The fourth-order valence-electron chi connectivity index (χ4n) is 6.60. The molecule has 0 aromatic rings. The number of aliphatic hydroxyl groups excluding tert-OH is 3. The van der Waals surface area contributed by atoms with Gasteiger partial charge >= 0.3 is 5.97 Å². The molecule has 2 rings (SSSR count). The number of aliphatic hydroxyl groups is 5. The van der Waals surface area contributed by atoms with E-state index < -0.39 is 78.0 Å². The van der Waals surface area contributed by atoms with Crippen LogP contribution < -0.4 is 0 Å². The highest BCUT2D eigenvalue weighted by atomic mass is 16.7. The van der Waals surface area contributed by atoms with Crippen LogP contribution in [0.4, 0.5) is 0 Å². The lowest BCUT2D eigenvalue weighted by Gasteiger charge is -2.45. The van der Waals surface area contributed by atoms with Crippen molar-refractivity contribution in [2.45, 2.75) is 147 Å². The number of hydrogen-bond acceptors (Lipinski definition) is 11. The van der Waals surface area contributed by atoms with E-state index in [-0.39, 0.29) is 18.4 Å².